The number of aromatic nitrogens is 1. The number of ether oxygens (including phenoxy) is 1. The summed E-state index contributed by atoms with van der Waals surface area (Å²) in [4.78, 5) is 29.2. The molecule has 32 heavy (non-hydrogen) atoms. The molecule has 2 aromatic heterocycles. The van der Waals surface area contributed by atoms with E-state index in [1.165, 1.54) is 0 Å². The predicted octanol–water partition coefficient (Wildman–Crippen LogP) is 3.48. The summed E-state index contributed by atoms with van der Waals surface area (Å²) >= 11 is 0. The van der Waals surface area contributed by atoms with E-state index in [4.69, 9.17) is 9.15 Å². The predicted molar refractivity (Wildman–Crippen MR) is 120 cm³/mol. The third kappa shape index (κ3) is 4.59. The number of rotatable bonds is 7. The van der Waals surface area contributed by atoms with E-state index in [0.717, 1.165) is 54.5 Å². The molecule has 166 valence electrons. The van der Waals surface area contributed by atoms with E-state index in [1.807, 2.05) is 42.5 Å². The van der Waals surface area contributed by atoms with Gasteiger partial charge in [0, 0.05) is 42.1 Å². The highest BCUT2D eigenvalue weighted by atomic mass is 16.5. The number of carbonyl (C=O) groups is 2. The molecule has 2 aliphatic rings. The van der Waals surface area contributed by atoms with Crippen molar-refractivity contribution >= 4 is 22.8 Å². The van der Waals surface area contributed by atoms with Crippen LogP contribution in [0.1, 0.15) is 42.5 Å². The molecule has 1 aromatic carbocycles. The van der Waals surface area contributed by atoms with Gasteiger partial charge in [0.1, 0.15) is 17.4 Å². The third-order valence-electron chi connectivity index (χ3n) is 6.33. The van der Waals surface area contributed by atoms with Gasteiger partial charge in [0.2, 0.25) is 5.91 Å². The quantitative estimate of drug-likeness (QED) is 0.554. The number of hydrogen-bond donors (Lipinski definition) is 2. The molecular formula is C25H27N3O4. The Balaban J connectivity index is 1.11. The number of fused-ring (bicyclic) bond motifs is 1. The van der Waals surface area contributed by atoms with Gasteiger partial charge in [0.25, 0.3) is 0 Å². The van der Waals surface area contributed by atoms with Crippen LogP contribution in [0.5, 0.6) is 0 Å². The van der Waals surface area contributed by atoms with Gasteiger partial charge >= 0.3 is 0 Å². The van der Waals surface area contributed by atoms with Gasteiger partial charge in [-0.3, -0.25) is 14.6 Å². The number of nitrogens with zero attached hydrogens (tertiary/aromatic N) is 1. The summed E-state index contributed by atoms with van der Waals surface area (Å²) in [6.07, 6.45) is 5.91. The smallest absolute Gasteiger partial charge is 0.249 e. The lowest BCUT2D eigenvalue weighted by Gasteiger charge is -2.16. The van der Waals surface area contributed by atoms with Gasteiger partial charge in [0.05, 0.1) is 6.54 Å². The third-order valence-corrected chi connectivity index (χ3v) is 6.33. The van der Waals surface area contributed by atoms with Crippen LogP contribution in [0.4, 0.5) is 0 Å². The van der Waals surface area contributed by atoms with E-state index in [1.54, 1.807) is 6.20 Å². The lowest BCUT2D eigenvalue weighted by Crippen LogP contribution is -2.41. The molecule has 1 saturated carbocycles. The second-order valence-corrected chi connectivity index (χ2v) is 8.60. The van der Waals surface area contributed by atoms with Gasteiger partial charge in [0.15, 0.2) is 11.4 Å². The van der Waals surface area contributed by atoms with Crippen molar-refractivity contribution in [3.05, 3.63) is 54.2 Å². The Bertz CT molecular complexity index is 1070. The molecule has 2 N–H and O–H groups in total. The average Bonchev–Trinajstić information content (AvgIpc) is 3.58. The molecule has 2 fully saturated rings. The van der Waals surface area contributed by atoms with Crippen molar-refractivity contribution in [3.8, 4) is 11.3 Å². The van der Waals surface area contributed by atoms with Crippen LogP contribution in [0.15, 0.2) is 53.1 Å². The number of nitrogens with one attached hydrogen (secondary N) is 2. The molecule has 3 aromatic rings. The number of hydrogen-bond acceptors (Lipinski definition) is 6. The topological polar surface area (TPSA) is 93.5 Å². The second kappa shape index (κ2) is 9.22. The fraction of sp³-hybridized carbons (Fsp3) is 0.400. The summed E-state index contributed by atoms with van der Waals surface area (Å²) in [6, 6.07) is 13.5. The number of benzene rings is 1. The van der Waals surface area contributed by atoms with Crippen LogP contribution in [0, 0.1) is 0 Å². The monoisotopic (exact) mass is 433 g/mol. The van der Waals surface area contributed by atoms with E-state index in [9.17, 15) is 9.59 Å². The summed E-state index contributed by atoms with van der Waals surface area (Å²) in [5.74, 6) is 0.789. The summed E-state index contributed by atoms with van der Waals surface area (Å²) < 4.78 is 11.3. The number of pyridine rings is 1. The van der Waals surface area contributed by atoms with Crippen LogP contribution in [0.3, 0.4) is 0 Å². The standard InChI is InChI=1S/C25H27N3O4/c29-21(15-27-18-9-10-19(13-18)28-25(30)23-4-2-12-31-23)16-5-7-17(8-6-16)24-14-20-22(32-24)3-1-11-26-20/h1,3,5-8,11,14,18-19,23,27H,2,4,9-10,12-13,15H2,(H,28,30)/t18-,19+,23+/m1/s1. The van der Waals surface area contributed by atoms with Crippen molar-refractivity contribution < 1.29 is 18.7 Å². The highest BCUT2D eigenvalue weighted by molar-refractivity contribution is 5.98. The lowest BCUT2D eigenvalue weighted by molar-refractivity contribution is -0.130. The summed E-state index contributed by atoms with van der Waals surface area (Å²) in [5, 5.41) is 6.46. The summed E-state index contributed by atoms with van der Waals surface area (Å²) in [7, 11) is 0. The Morgan fingerprint density at radius 3 is 2.69 bits per heavy atom. The van der Waals surface area contributed by atoms with Crippen LogP contribution in [-0.2, 0) is 9.53 Å². The van der Waals surface area contributed by atoms with Crippen molar-refractivity contribution in [3.63, 3.8) is 0 Å². The average molecular weight is 434 g/mol. The number of amides is 1. The van der Waals surface area contributed by atoms with Gasteiger partial charge in [-0.05, 0) is 44.2 Å². The number of ketones is 1. The summed E-state index contributed by atoms with van der Waals surface area (Å²) in [5.41, 5.74) is 3.13. The van der Waals surface area contributed by atoms with E-state index in [2.05, 4.69) is 15.6 Å². The normalized spacial score (nSPS) is 22.9. The Morgan fingerprint density at radius 2 is 1.91 bits per heavy atom. The molecule has 3 heterocycles. The largest absolute Gasteiger partial charge is 0.454 e. The zero-order valence-electron chi connectivity index (χ0n) is 17.9. The van der Waals surface area contributed by atoms with Crippen molar-refractivity contribution in [1.82, 2.24) is 15.6 Å². The molecule has 0 unspecified atom stereocenters. The fourth-order valence-corrected chi connectivity index (χ4v) is 4.55. The number of carbonyl (C=O) groups excluding carboxylic acids is 2. The summed E-state index contributed by atoms with van der Waals surface area (Å²) in [6.45, 7) is 0.955. The zero-order valence-corrected chi connectivity index (χ0v) is 17.9. The SMILES string of the molecule is O=C(CN[C@@H]1CC[C@H](NC(=O)[C@@H]2CCCO2)C1)c1ccc(-c2cc3ncccc3o2)cc1. The van der Waals surface area contributed by atoms with Crippen LogP contribution in [0.25, 0.3) is 22.4 Å². The maximum Gasteiger partial charge on any atom is 0.249 e. The minimum atomic E-state index is -0.289. The fourth-order valence-electron chi connectivity index (χ4n) is 4.55. The highest BCUT2D eigenvalue weighted by Gasteiger charge is 2.30. The second-order valence-electron chi connectivity index (χ2n) is 8.60. The van der Waals surface area contributed by atoms with Crippen LogP contribution in [0.2, 0.25) is 0 Å². The zero-order chi connectivity index (χ0) is 21.9. The minimum Gasteiger partial charge on any atom is -0.454 e. The van der Waals surface area contributed by atoms with Gasteiger partial charge < -0.3 is 19.8 Å². The first-order valence-corrected chi connectivity index (χ1v) is 11.3. The Kier molecular flexibility index (Phi) is 6.01. The molecule has 0 bridgehead atoms. The Morgan fingerprint density at radius 1 is 1.06 bits per heavy atom. The maximum atomic E-state index is 12.6. The van der Waals surface area contributed by atoms with Crippen molar-refractivity contribution in [2.75, 3.05) is 13.2 Å². The van der Waals surface area contributed by atoms with Crippen molar-refractivity contribution in [2.45, 2.75) is 50.3 Å². The molecule has 1 aliphatic carbocycles. The molecule has 1 amide bonds. The van der Waals surface area contributed by atoms with Gasteiger partial charge in [-0.2, -0.15) is 0 Å². The Hall–Kier alpha value is -3.03. The van der Waals surface area contributed by atoms with Gasteiger partial charge in [-0.25, -0.2) is 0 Å². The van der Waals surface area contributed by atoms with Crippen molar-refractivity contribution in [1.29, 1.82) is 0 Å². The molecule has 0 radical (unpaired) electrons. The first kappa shape index (κ1) is 20.8. The maximum absolute atomic E-state index is 12.6. The number of furan rings is 1. The molecule has 5 rings (SSSR count). The first-order chi connectivity index (χ1) is 15.7. The minimum absolute atomic E-state index is 0.00421. The molecule has 7 nitrogen and oxygen atoms in total. The highest BCUT2D eigenvalue weighted by Crippen LogP contribution is 2.27. The molecule has 1 saturated heterocycles. The Labute approximate surface area is 186 Å². The van der Waals surface area contributed by atoms with Gasteiger partial charge in [-0.1, -0.05) is 24.3 Å². The van der Waals surface area contributed by atoms with Crippen LogP contribution >= 0.6 is 0 Å². The van der Waals surface area contributed by atoms with E-state index in [-0.39, 0.29) is 36.4 Å². The molecular weight excluding hydrogens is 406 g/mol. The van der Waals surface area contributed by atoms with Gasteiger partial charge in [-0.15, -0.1) is 0 Å². The molecule has 1 aliphatic heterocycles. The van der Waals surface area contributed by atoms with Crippen LogP contribution < -0.4 is 10.6 Å². The van der Waals surface area contributed by atoms with E-state index in [0.29, 0.717) is 12.2 Å². The number of Topliss-reactive ketones (excluding diaryl/α,β-unsaturated/α-hetero) is 1. The van der Waals surface area contributed by atoms with E-state index >= 15 is 0 Å². The lowest BCUT2D eigenvalue weighted by atomic mass is 10.1. The van der Waals surface area contributed by atoms with Crippen LogP contribution in [-0.4, -0.2) is 48.0 Å². The van der Waals surface area contributed by atoms with E-state index < -0.39 is 0 Å². The first-order valence-electron chi connectivity index (χ1n) is 11.3. The molecule has 7 heteroatoms. The molecule has 0 spiro atoms. The molecule has 3 atom stereocenters. The van der Waals surface area contributed by atoms with Crippen molar-refractivity contribution in [2.24, 2.45) is 0 Å².